The maximum Gasteiger partial charge on any atom is 0.309 e. The van der Waals surface area contributed by atoms with Crippen molar-refractivity contribution in [3.8, 4) is 0 Å². The second kappa shape index (κ2) is 3.48. The number of fused-ring (bicyclic) bond motifs is 4. The fourth-order valence-corrected chi connectivity index (χ4v) is 6.88. The molecule has 6 aliphatic rings. The minimum Gasteiger partial charge on any atom is -0.462 e. The highest BCUT2D eigenvalue weighted by Gasteiger charge is 2.83. The van der Waals surface area contributed by atoms with Crippen LogP contribution >= 0.6 is 0 Å². The largest absolute Gasteiger partial charge is 0.462 e. The molecule has 2 spiro atoms. The zero-order chi connectivity index (χ0) is 14.6. The van der Waals surface area contributed by atoms with Crippen molar-refractivity contribution in [3.05, 3.63) is 0 Å². The molecular formula is C17H24O4. The lowest BCUT2D eigenvalue weighted by Gasteiger charge is -2.76. The first kappa shape index (κ1) is 12.9. The van der Waals surface area contributed by atoms with Gasteiger partial charge in [0.05, 0.1) is 5.92 Å². The van der Waals surface area contributed by atoms with Crippen LogP contribution in [0.1, 0.15) is 52.9 Å². The third kappa shape index (κ3) is 1.15. The van der Waals surface area contributed by atoms with Crippen molar-refractivity contribution in [3.63, 3.8) is 0 Å². The van der Waals surface area contributed by atoms with Gasteiger partial charge in [-0.25, -0.2) is 9.78 Å². The molecule has 0 aromatic heterocycles. The number of hydrogen-bond donors (Lipinski definition) is 0. The lowest BCUT2D eigenvalue weighted by Crippen LogP contribution is -2.81. The van der Waals surface area contributed by atoms with Gasteiger partial charge in [0.25, 0.3) is 0 Å². The van der Waals surface area contributed by atoms with Crippen LogP contribution in [0.25, 0.3) is 0 Å². The van der Waals surface area contributed by atoms with Crippen molar-refractivity contribution in [2.75, 3.05) is 0 Å². The molecule has 4 saturated carbocycles. The summed E-state index contributed by atoms with van der Waals surface area (Å²) in [6, 6.07) is 0. The van der Waals surface area contributed by atoms with Gasteiger partial charge in [-0.2, -0.15) is 0 Å². The van der Waals surface area contributed by atoms with Crippen LogP contribution < -0.4 is 0 Å². The van der Waals surface area contributed by atoms with Gasteiger partial charge < -0.3 is 4.74 Å². The summed E-state index contributed by atoms with van der Waals surface area (Å²) in [5, 5.41) is 0. The maximum atomic E-state index is 12.4. The fourth-order valence-electron chi connectivity index (χ4n) is 6.88. The van der Waals surface area contributed by atoms with Crippen molar-refractivity contribution in [2.24, 2.45) is 28.6 Å². The molecule has 116 valence electrons. The minimum atomic E-state index is -0.295. The standard InChI is InChI=1S/C17H24O4/c1-9-4-5-17-10(2)13(18)19-11-8-15(3)6-7-16(9,12(11)17)14(17)20-21-15/h9-12,14H,4-8H2,1-3H3/t9-,10+,11-,12?,14?,15?,16?,17?/m1/s1. The van der Waals surface area contributed by atoms with Crippen molar-refractivity contribution in [2.45, 2.75) is 70.7 Å². The molecule has 6 fully saturated rings. The third-order valence-electron chi connectivity index (χ3n) is 7.93. The Morgan fingerprint density at radius 2 is 1.95 bits per heavy atom. The highest BCUT2D eigenvalue weighted by Crippen LogP contribution is 2.79. The van der Waals surface area contributed by atoms with Crippen molar-refractivity contribution in [1.82, 2.24) is 0 Å². The molecule has 2 saturated heterocycles. The molecule has 4 nitrogen and oxygen atoms in total. The average Bonchev–Trinajstić information content (AvgIpc) is 2.61. The monoisotopic (exact) mass is 292 g/mol. The molecule has 4 heteroatoms. The Kier molecular flexibility index (Phi) is 2.14. The highest BCUT2D eigenvalue weighted by molar-refractivity contribution is 5.75. The van der Waals surface area contributed by atoms with E-state index in [2.05, 4.69) is 13.8 Å². The molecule has 6 rings (SSSR count). The van der Waals surface area contributed by atoms with Crippen LogP contribution in [0.15, 0.2) is 0 Å². The van der Waals surface area contributed by atoms with E-state index in [1.54, 1.807) is 0 Å². The second-order valence-corrected chi connectivity index (χ2v) is 8.55. The molecule has 21 heavy (non-hydrogen) atoms. The van der Waals surface area contributed by atoms with Crippen LogP contribution in [-0.2, 0) is 19.3 Å². The van der Waals surface area contributed by atoms with Gasteiger partial charge in [-0.3, -0.25) is 4.79 Å². The smallest absolute Gasteiger partial charge is 0.309 e. The number of carbonyl (C=O) groups is 1. The van der Waals surface area contributed by atoms with Crippen molar-refractivity contribution >= 4 is 5.97 Å². The molecular weight excluding hydrogens is 268 g/mol. The van der Waals surface area contributed by atoms with Crippen molar-refractivity contribution in [1.29, 1.82) is 0 Å². The van der Waals surface area contributed by atoms with E-state index in [1.165, 1.54) is 6.42 Å². The topological polar surface area (TPSA) is 44.8 Å². The third-order valence-corrected chi connectivity index (χ3v) is 7.93. The van der Waals surface area contributed by atoms with E-state index in [9.17, 15) is 4.79 Å². The van der Waals surface area contributed by atoms with E-state index >= 15 is 0 Å². The molecule has 2 heterocycles. The predicted octanol–water partition coefficient (Wildman–Crippen LogP) is 2.85. The molecule has 0 aromatic carbocycles. The Morgan fingerprint density at radius 1 is 1.14 bits per heavy atom. The van der Waals surface area contributed by atoms with Gasteiger partial charge in [0.15, 0.2) is 0 Å². The van der Waals surface area contributed by atoms with Gasteiger partial charge in [0, 0.05) is 23.2 Å². The molecule has 8 atom stereocenters. The van der Waals surface area contributed by atoms with Crippen molar-refractivity contribution < 1.29 is 19.3 Å². The number of ether oxygens (including phenoxy) is 1. The summed E-state index contributed by atoms with van der Waals surface area (Å²) in [4.78, 5) is 24.4. The molecule has 2 aliphatic heterocycles. The molecule has 0 amide bonds. The van der Waals surface area contributed by atoms with Crippen LogP contribution in [0.4, 0.5) is 0 Å². The molecule has 5 unspecified atom stereocenters. The number of rotatable bonds is 0. The zero-order valence-electron chi connectivity index (χ0n) is 13.1. The average molecular weight is 292 g/mol. The fraction of sp³-hybridized carbons (Fsp3) is 0.941. The summed E-state index contributed by atoms with van der Waals surface area (Å²) >= 11 is 0. The van der Waals surface area contributed by atoms with Crippen LogP contribution in [0.5, 0.6) is 0 Å². The van der Waals surface area contributed by atoms with Gasteiger partial charge in [0.1, 0.15) is 17.8 Å². The first-order chi connectivity index (χ1) is 9.94. The number of carbonyl (C=O) groups excluding carboxylic acids is 1. The molecule has 0 radical (unpaired) electrons. The van der Waals surface area contributed by atoms with E-state index in [1.807, 2.05) is 6.92 Å². The summed E-state index contributed by atoms with van der Waals surface area (Å²) in [6.45, 7) is 6.52. The molecule has 3 bridgehead atoms. The summed E-state index contributed by atoms with van der Waals surface area (Å²) in [5.41, 5.74) is -0.152. The van der Waals surface area contributed by atoms with Gasteiger partial charge >= 0.3 is 5.97 Å². The predicted molar refractivity (Wildman–Crippen MR) is 74.0 cm³/mol. The highest BCUT2D eigenvalue weighted by atomic mass is 17.2. The SMILES string of the molecule is C[C@@H]1CCC23C4OOC5(C)CCC41C2[C@@H](C5)OC(=O)[C@@H]3C. The molecule has 0 N–H and O–H groups in total. The summed E-state index contributed by atoms with van der Waals surface area (Å²) in [6.07, 6.45) is 5.37. The van der Waals surface area contributed by atoms with E-state index in [-0.39, 0.29) is 40.5 Å². The lowest BCUT2D eigenvalue weighted by atomic mass is 9.30. The minimum absolute atomic E-state index is 0.0147. The normalized spacial score (nSPS) is 64.1. The Hall–Kier alpha value is -0.610. The Morgan fingerprint density at radius 3 is 2.76 bits per heavy atom. The van der Waals surface area contributed by atoms with Gasteiger partial charge in [-0.1, -0.05) is 13.8 Å². The van der Waals surface area contributed by atoms with E-state index in [0.717, 1.165) is 25.7 Å². The lowest BCUT2D eigenvalue weighted by molar-refractivity contribution is -0.484. The van der Waals surface area contributed by atoms with E-state index in [4.69, 9.17) is 14.5 Å². The second-order valence-electron chi connectivity index (χ2n) is 8.55. The Bertz CT molecular complexity index is 533. The quantitative estimate of drug-likeness (QED) is 0.509. The Balaban J connectivity index is 1.73. The number of hydrogen-bond acceptors (Lipinski definition) is 4. The van der Waals surface area contributed by atoms with Gasteiger partial charge in [-0.15, -0.1) is 0 Å². The summed E-state index contributed by atoms with van der Waals surface area (Å²) in [5.74, 6) is 1.04. The van der Waals surface area contributed by atoms with Crippen LogP contribution in [0, 0.1) is 28.6 Å². The van der Waals surface area contributed by atoms with E-state index < -0.39 is 0 Å². The first-order valence-electron chi connectivity index (χ1n) is 8.49. The van der Waals surface area contributed by atoms with Crippen LogP contribution in [0.3, 0.4) is 0 Å². The van der Waals surface area contributed by atoms with E-state index in [0.29, 0.717) is 11.8 Å². The molecule has 4 aliphatic carbocycles. The summed E-state index contributed by atoms with van der Waals surface area (Å²) < 4.78 is 5.90. The summed E-state index contributed by atoms with van der Waals surface area (Å²) in [7, 11) is 0. The molecule has 0 aromatic rings. The number of esters is 1. The Labute approximate surface area is 125 Å². The zero-order valence-corrected chi connectivity index (χ0v) is 13.1. The van der Waals surface area contributed by atoms with Gasteiger partial charge in [0.2, 0.25) is 0 Å². The van der Waals surface area contributed by atoms with Crippen LogP contribution in [-0.4, -0.2) is 23.8 Å². The maximum absolute atomic E-state index is 12.4. The van der Waals surface area contributed by atoms with Gasteiger partial charge in [-0.05, 0) is 38.5 Å². The van der Waals surface area contributed by atoms with Crippen LogP contribution in [0.2, 0.25) is 0 Å². The first-order valence-corrected chi connectivity index (χ1v) is 8.49.